The van der Waals surface area contributed by atoms with Gasteiger partial charge in [0.1, 0.15) is 5.69 Å². The molecule has 4 rings (SSSR count). The van der Waals surface area contributed by atoms with Crippen LogP contribution in [-0.2, 0) is 0 Å². The fraction of sp³-hybridized carbons (Fsp3) is 0.0870. The first-order valence-electron chi connectivity index (χ1n) is 9.71. The summed E-state index contributed by atoms with van der Waals surface area (Å²) in [5.41, 5.74) is 1.27. The van der Waals surface area contributed by atoms with Gasteiger partial charge in [0, 0.05) is 37.0 Å². The predicted octanol–water partition coefficient (Wildman–Crippen LogP) is 3.73. The molecule has 0 spiro atoms. The Labute approximate surface area is 182 Å². The van der Waals surface area contributed by atoms with E-state index in [-0.39, 0.29) is 23.2 Å². The maximum atomic E-state index is 15.0. The fourth-order valence-electron chi connectivity index (χ4n) is 3.15. The largest absolute Gasteiger partial charge is 0.481 e. The zero-order valence-corrected chi connectivity index (χ0v) is 17.1. The van der Waals surface area contributed by atoms with Crippen molar-refractivity contribution in [2.75, 3.05) is 7.11 Å². The third-order valence-corrected chi connectivity index (χ3v) is 4.64. The Morgan fingerprint density at radius 2 is 2.00 bits per heavy atom. The van der Waals surface area contributed by atoms with Crippen molar-refractivity contribution >= 4 is 17.6 Å². The normalized spacial score (nSPS) is 11.4. The molecule has 0 unspecified atom stereocenters. The summed E-state index contributed by atoms with van der Waals surface area (Å²) in [6.07, 6.45) is 4.20. The topological polar surface area (TPSA) is 98.2 Å². The van der Waals surface area contributed by atoms with Crippen molar-refractivity contribution in [2.45, 2.75) is 6.42 Å². The van der Waals surface area contributed by atoms with Crippen LogP contribution in [0, 0.1) is 11.2 Å². The second-order valence-electron chi connectivity index (χ2n) is 6.70. The summed E-state index contributed by atoms with van der Waals surface area (Å²) < 4.78 is 23.0. The summed E-state index contributed by atoms with van der Waals surface area (Å²) in [7, 11) is 1.51. The number of halogens is 1. The minimum atomic E-state index is -0.559. The quantitative estimate of drug-likeness (QED) is 0.452. The van der Waals surface area contributed by atoms with E-state index in [9.17, 15) is 4.79 Å². The summed E-state index contributed by atoms with van der Waals surface area (Å²) in [6, 6.07) is 16.6. The van der Waals surface area contributed by atoms with Crippen LogP contribution >= 0.6 is 0 Å². The lowest BCUT2D eigenvalue weighted by Crippen LogP contribution is -2.22. The smallest absolute Gasteiger partial charge is 0.216 e. The minimum absolute atomic E-state index is 0.0528. The van der Waals surface area contributed by atoms with Crippen molar-refractivity contribution in [1.82, 2.24) is 19.6 Å². The van der Waals surface area contributed by atoms with Gasteiger partial charge in [-0.05, 0) is 24.3 Å². The first kappa shape index (κ1) is 20.9. The molecule has 0 radical (unpaired) electrons. The maximum Gasteiger partial charge on any atom is 0.216 e. The Kier molecular flexibility index (Phi) is 5.98. The second-order valence-corrected chi connectivity index (χ2v) is 6.70. The van der Waals surface area contributed by atoms with E-state index in [1.165, 1.54) is 40.9 Å². The van der Waals surface area contributed by atoms with Crippen LogP contribution in [0.2, 0.25) is 0 Å². The number of para-hydroxylation sites is 1. The van der Waals surface area contributed by atoms with Gasteiger partial charge in [0.2, 0.25) is 11.3 Å². The lowest BCUT2D eigenvalue weighted by Gasteiger charge is -2.11. The average molecular weight is 430 g/mol. The van der Waals surface area contributed by atoms with Crippen LogP contribution in [0.5, 0.6) is 5.88 Å². The number of rotatable bonds is 7. The first-order chi connectivity index (χ1) is 15.6. The molecule has 0 saturated carbocycles. The zero-order valence-electron chi connectivity index (χ0n) is 17.1. The van der Waals surface area contributed by atoms with Crippen LogP contribution in [-0.4, -0.2) is 38.6 Å². The van der Waals surface area contributed by atoms with E-state index in [2.05, 4.69) is 15.2 Å². The third kappa shape index (κ3) is 4.22. The van der Waals surface area contributed by atoms with Crippen LogP contribution in [0.4, 0.5) is 10.1 Å². The summed E-state index contributed by atoms with van der Waals surface area (Å²) in [5, 5.41) is 15.9. The highest BCUT2D eigenvalue weighted by molar-refractivity contribution is 6.06. The molecular formula is C23H19FN6O2. The Balaban J connectivity index is 1.76. The van der Waals surface area contributed by atoms with E-state index in [1.54, 1.807) is 30.5 Å². The summed E-state index contributed by atoms with van der Waals surface area (Å²) in [4.78, 5) is 17.0. The van der Waals surface area contributed by atoms with Gasteiger partial charge in [-0.2, -0.15) is 10.2 Å². The van der Waals surface area contributed by atoms with Gasteiger partial charge in [-0.15, -0.1) is 0 Å². The van der Waals surface area contributed by atoms with Crippen molar-refractivity contribution in [3.05, 3.63) is 94.8 Å². The molecule has 1 N–H and O–H groups in total. The number of aromatic nitrogens is 4. The van der Waals surface area contributed by atoms with E-state index in [0.29, 0.717) is 23.0 Å². The van der Waals surface area contributed by atoms with Gasteiger partial charge < -0.3 is 10.1 Å². The Morgan fingerprint density at radius 1 is 1.19 bits per heavy atom. The van der Waals surface area contributed by atoms with Gasteiger partial charge in [0.05, 0.1) is 30.4 Å². The van der Waals surface area contributed by atoms with E-state index in [4.69, 9.17) is 10.1 Å². The molecule has 8 nitrogen and oxygen atoms in total. The number of hydrogen-bond acceptors (Lipinski definition) is 6. The van der Waals surface area contributed by atoms with E-state index >= 15 is 4.39 Å². The van der Waals surface area contributed by atoms with Crippen molar-refractivity contribution in [2.24, 2.45) is 4.99 Å². The highest BCUT2D eigenvalue weighted by atomic mass is 19.1. The zero-order chi connectivity index (χ0) is 22.5. The molecule has 9 heteroatoms. The van der Waals surface area contributed by atoms with Crippen LogP contribution in [0.15, 0.2) is 82.8 Å². The van der Waals surface area contributed by atoms with Gasteiger partial charge in [-0.1, -0.05) is 18.2 Å². The van der Waals surface area contributed by atoms with Crippen LogP contribution in [0.1, 0.15) is 12.1 Å². The van der Waals surface area contributed by atoms with Crippen molar-refractivity contribution in [3.8, 4) is 17.3 Å². The molecule has 0 aliphatic carbocycles. The Hall–Kier alpha value is -4.40. The molecule has 160 valence electrons. The maximum absolute atomic E-state index is 15.0. The van der Waals surface area contributed by atoms with Gasteiger partial charge in [0.25, 0.3) is 0 Å². The molecule has 32 heavy (non-hydrogen) atoms. The molecule has 0 aliphatic rings. The SMILES string of the molecule is COc1ccnn1-c1ccc(-n2ccc(=O)c(C(CC=N)=Nc3ccccc3)n2)c(F)c1. The Bertz CT molecular complexity index is 1340. The minimum Gasteiger partial charge on any atom is -0.481 e. The number of benzene rings is 2. The molecule has 0 amide bonds. The first-order valence-corrected chi connectivity index (χ1v) is 9.71. The fourth-order valence-corrected chi connectivity index (χ4v) is 3.15. The van der Waals surface area contributed by atoms with E-state index in [1.807, 2.05) is 18.2 Å². The molecule has 0 bridgehead atoms. The molecule has 0 fully saturated rings. The van der Waals surface area contributed by atoms with Gasteiger partial charge in [-0.25, -0.2) is 13.8 Å². The molecule has 2 aromatic heterocycles. The number of ether oxygens (including phenoxy) is 1. The van der Waals surface area contributed by atoms with Crippen molar-refractivity contribution in [1.29, 1.82) is 5.41 Å². The second kappa shape index (κ2) is 9.17. The molecular weight excluding hydrogens is 411 g/mol. The molecule has 4 aromatic rings. The summed E-state index contributed by atoms with van der Waals surface area (Å²) >= 11 is 0. The third-order valence-electron chi connectivity index (χ3n) is 4.64. The highest BCUT2D eigenvalue weighted by Gasteiger charge is 2.14. The van der Waals surface area contributed by atoms with Crippen molar-refractivity contribution < 1.29 is 9.13 Å². The van der Waals surface area contributed by atoms with Gasteiger partial charge >= 0.3 is 0 Å². The average Bonchev–Trinajstić information content (AvgIpc) is 3.29. The van der Waals surface area contributed by atoms with Crippen molar-refractivity contribution in [3.63, 3.8) is 0 Å². The number of hydrogen-bond donors (Lipinski definition) is 1. The summed E-state index contributed by atoms with van der Waals surface area (Å²) in [5.74, 6) is -0.0925. The molecule has 2 aromatic carbocycles. The standard InChI is InChI=1S/C23H19FN6O2/c1-32-22-10-13-26-30(22)17-7-8-20(18(24)15-17)29-14-11-21(31)23(28-29)19(9-12-25)27-16-5-3-2-4-6-16/h2-8,10-15,25H,9H2,1H3. The van der Waals surface area contributed by atoms with Crippen LogP contribution in [0.3, 0.4) is 0 Å². The van der Waals surface area contributed by atoms with Crippen LogP contribution in [0.25, 0.3) is 11.4 Å². The molecule has 0 saturated heterocycles. The summed E-state index contributed by atoms with van der Waals surface area (Å²) in [6.45, 7) is 0. The monoisotopic (exact) mass is 430 g/mol. The van der Waals surface area contributed by atoms with E-state index < -0.39 is 5.82 Å². The molecule has 0 aliphatic heterocycles. The van der Waals surface area contributed by atoms with Gasteiger partial charge in [0.15, 0.2) is 11.5 Å². The lowest BCUT2D eigenvalue weighted by molar-refractivity contribution is 0.383. The Morgan fingerprint density at radius 3 is 2.72 bits per heavy atom. The number of aliphatic imine (C=N–C) groups is 1. The van der Waals surface area contributed by atoms with Crippen LogP contribution < -0.4 is 10.2 Å². The number of nitrogens with one attached hydrogen (secondary N) is 1. The molecule has 0 atom stereocenters. The van der Waals surface area contributed by atoms with E-state index in [0.717, 1.165) is 6.21 Å². The lowest BCUT2D eigenvalue weighted by atomic mass is 10.2. The molecule has 2 heterocycles. The van der Waals surface area contributed by atoms with Gasteiger partial charge in [-0.3, -0.25) is 9.79 Å². The highest BCUT2D eigenvalue weighted by Crippen LogP contribution is 2.21. The predicted molar refractivity (Wildman–Crippen MR) is 120 cm³/mol. The number of nitrogens with zero attached hydrogens (tertiary/aromatic N) is 5. The number of methoxy groups -OCH3 is 1.